The van der Waals surface area contributed by atoms with Gasteiger partial charge in [0.05, 0.1) is 22.3 Å². The van der Waals surface area contributed by atoms with E-state index < -0.39 is 11.8 Å². The van der Waals surface area contributed by atoms with Crippen molar-refractivity contribution in [2.45, 2.75) is 6.54 Å². The van der Waals surface area contributed by atoms with Crippen molar-refractivity contribution in [3.8, 4) is 0 Å². The number of hydrogen-bond donors (Lipinski definition) is 2. The van der Waals surface area contributed by atoms with Crippen LogP contribution in [0.3, 0.4) is 0 Å². The zero-order valence-electron chi connectivity index (χ0n) is 10.2. The third-order valence-corrected chi connectivity index (χ3v) is 4.10. The molecule has 0 unspecified atom stereocenters. The van der Waals surface area contributed by atoms with Gasteiger partial charge >= 0.3 is 11.8 Å². The topological polar surface area (TPSA) is 58.2 Å². The summed E-state index contributed by atoms with van der Waals surface area (Å²) < 4.78 is 0. The van der Waals surface area contributed by atoms with E-state index in [1.807, 2.05) is 17.5 Å². The summed E-state index contributed by atoms with van der Waals surface area (Å²) in [4.78, 5) is 24.3. The first-order chi connectivity index (χ1) is 9.58. The highest BCUT2D eigenvalue weighted by molar-refractivity contribution is 7.09. The molecule has 2 amide bonds. The molecule has 0 aliphatic carbocycles. The first-order valence-electron chi connectivity index (χ1n) is 5.63. The fourth-order valence-electron chi connectivity index (χ4n) is 1.44. The largest absolute Gasteiger partial charge is 0.343 e. The Labute approximate surface area is 129 Å². The van der Waals surface area contributed by atoms with Crippen molar-refractivity contribution in [1.29, 1.82) is 0 Å². The van der Waals surface area contributed by atoms with E-state index in [4.69, 9.17) is 23.2 Å². The van der Waals surface area contributed by atoms with Crippen LogP contribution in [-0.2, 0) is 16.1 Å². The van der Waals surface area contributed by atoms with Crippen LogP contribution in [0.15, 0.2) is 35.7 Å². The summed E-state index contributed by atoms with van der Waals surface area (Å²) in [5, 5.41) is 7.35. The molecule has 0 radical (unpaired) electrons. The predicted molar refractivity (Wildman–Crippen MR) is 81.3 cm³/mol. The second-order valence-electron chi connectivity index (χ2n) is 3.82. The van der Waals surface area contributed by atoms with Crippen molar-refractivity contribution in [1.82, 2.24) is 5.32 Å². The van der Waals surface area contributed by atoms with Gasteiger partial charge in [0, 0.05) is 4.88 Å². The van der Waals surface area contributed by atoms with Crippen LogP contribution in [0.25, 0.3) is 0 Å². The van der Waals surface area contributed by atoms with E-state index in [0.29, 0.717) is 17.3 Å². The van der Waals surface area contributed by atoms with Crippen molar-refractivity contribution in [2.24, 2.45) is 0 Å². The molecule has 0 bridgehead atoms. The van der Waals surface area contributed by atoms with Gasteiger partial charge in [-0.1, -0.05) is 35.3 Å². The summed E-state index contributed by atoms with van der Waals surface area (Å²) in [6, 6.07) is 8.54. The summed E-state index contributed by atoms with van der Waals surface area (Å²) in [6.07, 6.45) is 0. The van der Waals surface area contributed by atoms with Crippen molar-refractivity contribution in [3.05, 3.63) is 50.6 Å². The number of thiophene rings is 1. The molecule has 0 saturated heterocycles. The van der Waals surface area contributed by atoms with Crippen LogP contribution in [0.1, 0.15) is 4.88 Å². The Kier molecular flexibility index (Phi) is 5.00. The van der Waals surface area contributed by atoms with Gasteiger partial charge in [-0.3, -0.25) is 9.59 Å². The third-order valence-electron chi connectivity index (χ3n) is 2.41. The third kappa shape index (κ3) is 3.72. The highest BCUT2D eigenvalue weighted by atomic mass is 35.5. The van der Waals surface area contributed by atoms with Crippen LogP contribution in [0.5, 0.6) is 0 Å². The maximum absolute atomic E-state index is 11.7. The average Bonchev–Trinajstić information content (AvgIpc) is 2.94. The first-order valence-corrected chi connectivity index (χ1v) is 7.27. The first kappa shape index (κ1) is 14.8. The summed E-state index contributed by atoms with van der Waals surface area (Å²) in [6.45, 7) is 0.313. The highest BCUT2D eigenvalue weighted by Crippen LogP contribution is 2.29. The molecule has 2 aromatic rings. The minimum absolute atomic E-state index is 0.202. The van der Waals surface area contributed by atoms with Gasteiger partial charge in [-0.25, -0.2) is 0 Å². The number of carbonyl (C=O) groups excluding carboxylic acids is 2. The molecule has 0 spiro atoms. The standard InChI is InChI=1S/C13H10Cl2N2O2S/c14-9-4-1-5-10(11(9)15)17-13(19)12(18)16-7-8-3-2-6-20-8/h1-6H,7H2,(H,16,18)(H,17,19). The molecule has 1 aromatic heterocycles. The Morgan fingerprint density at radius 2 is 1.90 bits per heavy atom. The number of anilines is 1. The van der Waals surface area contributed by atoms with Crippen LogP contribution < -0.4 is 10.6 Å². The molecule has 0 atom stereocenters. The van der Waals surface area contributed by atoms with Crippen molar-refractivity contribution >= 4 is 52.0 Å². The normalized spacial score (nSPS) is 10.1. The number of rotatable bonds is 3. The fraction of sp³-hybridized carbons (Fsp3) is 0.0769. The Morgan fingerprint density at radius 1 is 1.10 bits per heavy atom. The molecule has 2 rings (SSSR count). The number of benzene rings is 1. The summed E-state index contributed by atoms with van der Waals surface area (Å²) in [7, 11) is 0. The molecule has 0 fully saturated rings. The zero-order valence-corrected chi connectivity index (χ0v) is 12.5. The summed E-state index contributed by atoms with van der Waals surface area (Å²) in [5.41, 5.74) is 0.301. The van der Waals surface area contributed by atoms with Crippen LogP contribution in [0.2, 0.25) is 10.0 Å². The molecule has 104 valence electrons. The molecule has 7 heteroatoms. The van der Waals surface area contributed by atoms with E-state index in [1.165, 1.54) is 11.3 Å². The predicted octanol–water partition coefficient (Wildman–Crippen LogP) is 3.31. The minimum atomic E-state index is -0.786. The smallest absolute Gasteiger partial charge is 0.313 e. The number of halogens is 2. The van der Waals surface area contributed by atoms with E-state index >= 15 is 0 Å². The Balaban J connectivity index is 1.94. The Hall–Kier alpha value is -1.56. The van der Waals surface area contributed by atoms with E-state index in [2.05, 4.69) is 10.6 Å². The lowest BCUT2D eigenvalue weighted by atomic mass is 10.3. The average molecular weight is 329 g/mol. The van der Waals surface area contributed by atoms with Crippen LogP contribution in [0, 0.1) is 0 Å². The molecule has 20 heavy (non-hydrogen) atoms. The van der Waals surface area contributed by atoms with Gasteiger partial charge in [-0.15, -0.1) is 11.3 Å². The lowest BCUT2D eigenvalue weighted by Gasteiger charge is -2.08. The summed E-state index contributed by atoms with van der Waals surface area (Å²) >= 11 is 13.2. The minimum Gasteiger partial charge on any atom is -0.343 e. The van der Waals surface area contributed by atoms with E-state index in [-0.39, 0.29) is 5.02 Å². The fourth-order valence-corrected chi connectivity index (χ4v) is 2.43. The number of nitrogens with one attached hydrogen (secondary N) is 2. The second kappa shape index (κ2) is 6.74. The van der Waals surface area contributed by atoms with Crippen molar-refractivity contribution in [2.75, 3.05) is 5.32 Å². The lowest BCUT2D eigenvalue weighted by Crippen LogP contribution is -2.34. The molecular formula is C13H10Cl2N2O2S. The van der Waals surface area contributed by atoms with Gasteiger partial charge in [-0.05, 0) is 23.6 Å². The van der Waals surface area contributed by atoms with Gasteiger partial charge < -0.3 is 10.6 Å². The molecule has 4 nitrogen and oxygen atoms in total. The van der Waals surface area contributed by atoms with E-state index in [0.717, 1.165) is 4.88 Å². The van der Waals surface area contributed by atoms with Gasteiger partial charge in [0.25, 0.3) is 0 Å². The van der Waals surface area contributed by atoms with E-state index in [9.17, 15) is 9.59 Å². The molecule has 1 aromatic carbocycles. The quantitative estimate of drug-likeness (QED) is 0.849. The molecule has 1 heterocycles. The second-order valence-corrected chi connectivity index (χ2v) is 5.63. The molecular weight excluding hydrogens is 319 g/mol. The molecule has 0 saturated carbocycles. The van der Waals surface area contributed by atoms with Gasteiger partial charge in [0.2, 0.25) is 0 Å². The number of carbonyl (C=O) groups is 2. The van der Waals surface area contributed by atoms with Gasteiger partial charge in [0.15, 0.2) is 0 Å². The van der Waals surface area contributed by atoms with Crippen molar-refractivity contribution in [3.63, 3.8) is 0 Å². The number of hydrogen-bond acceptors (Lipinski definition) is 3. The lowest BCUT2D eigenvalue weighted by molar-refractivity contribution is -0.136. The highest BCUT2D eigenvalue weighted by Gasteiger charge is 2.15. The van der Waals surface area contributed by atoms with E-state index in [1.54, 1.807) is 18.2 Å². The maximum Gasteiger partial charge on any atom is 0.313 e. The zero-order chi connectivity index (χ0) is 14.5. The van der Waals surface area contributed by atoms with Gasteiger partial charge in [-0.2, -0.15) is 0 Å². The van der Waals surface area contributed by atoms with Crippen LogP contribution in [-0.4, -0.2) is 11.8 Å². The Bertz CT molecular complexity index is 629. The van der Waals surface area contributed by atoms with Crippen LogP contribution in [0.4, 0.5) is 5.69 Å². The number of amides is 2. The molecule has 2 N–H and O–H groups in total. The van der Waals surface area contributed by atoms with Crippen molar-refractivity contribution < 1.29 is 9.59 Å². The molecule has 0 aliphatic rings. The SMILES string of the molecule is O=C(NCc1cccs1)C(=O)Nc1cccc(Cl)c1Cl. The van der Waals surface area contributed by atoms with Gasteiger partial charge in [0.1, 0.15) is 0 Å². The van der Waals surface area contributed by atoms with Crippen LogP contribution >= 0.6 is 34.5 Å². The molecule has 0 aliphatic heterocycles. The maximum atomic E-state index is 11.7. The monoisotopic (exact) mass is 328 g/mol. The Morgan fingerprint density at radius 3 is 2.60 bits per heavy atom. The summed E-state index contributed by atoms with van der Waals surface area (Å²) in [5.74, 6) is -1.51.